The molecular weight excluding hydrogens is 261 g/mol. The average molecular weight is 271 g/mol. The summed E-state index contributed by atoms with van der Waals surface area (Å²) < 4.78 is 46.9. The van der Waals surface area contributed by atoms with Crippen LogP contribution in [0.4, 0.5) is 13.2 Å². The zero-order chi connectivity index (χ0) is 12.9. The van der Waals surface area contributed by atoms with Crippen LogP contribution in [0, 0.1) is 0 Å². The molecule has 0 fully saturated rings. The molecule has 0 amide bonds. The molecule has 4 nitrogen and oxygen atoms in total. The molecule has 1 aromatic heterocycles. The molecule has 0 aromatic carbocycles. The molecule has 1 heterocycles. The first-order valence-corrected chi connectivity index (χ1v) is 5.05. The highest BCUT2D eigenvalue weighted by Gasteiger charge is 2.33. The molecule has 0 saturated carbocycles. The lowest BCUT2D eigenvalue weighted by molar-refractivity contribution is -0.141. The van der Waals surface area contributed by atoms with Gasteiger partial charge in [-0.1, -0.05) is 0 Å². The molecule has 0 saturated heterocycles. The van der Waals surface area contributed by atoms with Gasteiger partial charge < -0.3 is 9.47 Å². The molecule has 1 rings (SSSR count). The zero-order valence-corrected chi connectivity index (χ0v) is 9.68. The molecular formula is C9H10ClF3N2O2. The van der Waals surface area contributed by atoms with Gasteiger partial charge in [0.05, 0.1) is 6.61 Å². The van der Waals surface area contributed by atoms with Gasteiger partial charge in [-0.15, -0.1) is 0 Å². The van der Waals surface area contributed by atoms with E-state index in [-0.39, 0.29) is 12.5 Å². The number of hydrogen-bond acceptors (Lipinski definition) is 4. The van der Waals surface area contributed by atoms with E-state index in [1.807, 2.05) is 0 Å². The molecule has 0 aliphatic rings. The van der Waals surface area contributed by atoms with Crippen LogP contribution in [0.2, 0.25) is 5.28 Å². The van der Waals surface area contributed by atoms with Gasteiger partial charge in [0.1, 0.15) is 0 Å². The number of methoxy groups -OCH3 is 1. The minimum absolute atomic E-state index is 0.193. The summed E-state index contributed by atoms with van der Waals surface area (Å²) in [7, 11) is 1.52. The van der Waals surface area contributed by atoms with Crippen molar-refractivity contribution in [3.8, 4) is 5.88 Å². The monoisotopic (exact) mass is 270 g/mol. The Balaban J connectivity index is 2.69. The van der Waals surface area contributed by atoms with Crippen LogP contribution in [0.3, 0.4) is 0 Å². The summed E-state index contributed by atoms with van der Waals surface area (Å²) >= 11 is 5.37. The lowest BCUT2D eigenvalue weighted by atomic mass is 10.4. The Kier molecular flexibility index (Phi) is 4.95. The van der Waals surface area contributed by atoms with Gasteiger partial charge in [-0.25, -0.2) is 4.98 Å². The second-order valence-electron chi connectivity index (χ2n) is 3.05. The molecule has 0 atom stereocenters. The molecule has 0 unspecified atom stereocenters. The van der Waals surface area contributed by atoms with E-state index >= 15 is 0 Å². The number of halogens is 4. The van der Waals surface area contributed by atoms with Crippen molar-refractivity contribution >= 4 is 11.6 Å². The Hall–Kier alpha value is -1.08. The third-order valence-electron chi connectivity index (χ3n) is 1.71. The van der Waals surface area contributed by atoms with Crippen LogP contribution in [0.25, 0.3) is 0 Å². The number of nitrogens with zero attached hydrogens (tertiary/aromatic N) is 2. The molecule has 0 aliphatic heterocycles. The number of hydrogen-bond donors (Lipinski definition) is 0. The maximum Gasteiger partial charge on any atom is 0.433 e. The number of rotatable bonds is 5. The Bertz CT molecular complexity index is 374. The summed E-state index contributed by atoms with van der Waals surface area (Å²) in [5.41, 5.74) is -1.13. The summed E-state index contributed by atoms with van der Waals surface area (Å²) in [4.78, 5) is 6.61. The maximum absolute atomic E-state index is 12.4. The van der Waals surface area contributed by atoms with Gasteiger partial charge in [0, 0.05) is 26.2 Å². The predicted molar refractivity (Wildman–Crippen MR) is 54.0 cm³/mol. The number of aromatic nitrogens is 2. The fourth-order valence-electron chi connectivity index (χ4n) is 0.996. The van der Waals surface area contributed by atoms with Crippen molar-refractivity contribution in [1.29, 1.82) is 0 Å². The topological polar surface area (TPSA) is 44.2 Å². The average Bonchev–Trinajstić information content (AvgIpc) is 2.22. The Morgan fingerprint density at radius 1 is 1.29 bits per heavy atom. The van der Waals surface area contributed by atoms with Gasteiger partial charge in [-0.05, 0) is 11.6 Å². The Morgan fingerprint density at radius 2 is 2.00 bits per heavy atom. The molecule has 0 bridgehead atoms. The van der Waals surface area contributed by atoms with Crippen molar-refractivity contribution < 1.29 is 22.6 Å². The van der Waals surface area contributed by atoms with E-state index in [4.69, 9.17) is 21.1 Å². The highest BCUT2D eigenvalue weighted by atomic mass is 35.5. The third kappa shape index (κ3) is 4.74. The number of ether oxygens (including phenoxy) is 2. The molecule has 0 N–H and O–H groups in total. The molecule has 8 heteroatoms. The van der Waals surface area contributed by atoms with E-state index in [1.54, 1.807) is 0 Å². The summed E-state index contributed by atoms with van der Waals surface area (Å²) in [6.07, 6.45) is -4.03. The van der Waals surface area contributed by atoms with Gasteiger partial charge >= 0.3 is 6.18 Å². The second-order valence-corrected chi connectivity index (χ2v) is 3.39. The first-order chi connectivity index (χ1) is 7.93. The maximum atomic E-state index is 12.4. The fraction of sp³-hybridized carbons (Fsp3) is 0.556. The predicted octanol–water partition coefficient (Wildman–Crippen LogP) is 2.56. The fourth-order valence-corrected chi connectivity index (χ4v) is 1.17. The summed E-state index contributed by atoms with van der Waals surface area (Å²) in [5, 5.41) is -0.499. The minimum atomic E-state index is -4.57. The van der Waals surface area contributed by atoms with E-state index in [0.717, 1.165) is 0 Å². The normalized spacial score (nSPS) is 11.6. The first-order valence-electron chi connectivity index (χ1n) is 4.67. The number of alkyl halides is 3. The first kappa shape index (κ1) is 14.0. The van der Waals surface area contributed by atoms with Crippen LogP contribution < -0.4 is 4.74 Å². The van der Waals surface area contributed by atoms with Crippen LogP contribution in [0.1, 0.15) is 12.1 Å². The van der Waals surface area contributed by atoms with Crippen molar-refractivity contribution in [3.63, 3.8) is 0 Å². The van der Waals surface area contributed by atoms with Crippen LogP contribution in [0.15, 0.2) is 6.07 Å². The standard InChI is InChI=1S/C9H10ClF3N2O2/c1-16-3-2-4-17-7-5-6(9(11,12)13)14-8(10)15-7/h5H,2-4H2,1H3. The summed E-state index contributed by atoms with van der Waals surface area (Å²) in [5.74, 6) is -0.201. The SMILES string of the molecule is COCCCOc1cc(C(F)(F)F)nc(Cl)n1. The van der Waals surface area contributed by atoms with Gasteiger partial charge in [0.25, 0.3) is 0 Å². The second kappa shape index (κ2) is 6.02. The molecule has 0 spiro atoms. The molecule has 96 valence electrons. The van der Waals surface area contributed by atoms with Crippen LogP contribution in [-0.4, -0.2) is 30.3 Å². The van der Waals surface area contributed by atoms with Crippen molar-refractivity contribution in [1.82, 2.24) is 9.97 Å². The van der Waals surface area contributed by atoms with Gasteiger partial charge in [0.2, 0.25) is 11.2 Å². The van der Waals surface area contributed by atoms with Gasteiger partial charge in [-0.3, -0.25) is 0 Å². The van der Waals surface area contributed by atoms with Crippen molar-refractivity contribution in [2.45, 2.75) is 12.6 Å². The quantitative estimate of drug-likeness (QED) is 0.609. The van der Waals surface area contributed by atoms with Gasteiger partial charge in [-0.2, -0.15) is 18.2 Å². The van der Waals surface area contributed by atoms with E-state index in [9.17, 15) is 13.2 Å². The van der Waals surface area contributed by atoms with E-state index in [0.29, 0.717) is 19.1 Å². The Labute approximate surface area is 101 Å². The molecule has 1 aromatic rings. The van der Waals surface area contributed by atoms with Crippen LogP contribution >= 0.6 is 11.6 Å². The smallest absolute Gasteiger partial charge is 0.433 e. The summed E-state index contributed by atoms with van der Waals surface area (Å²) in [6.45, 7) is 0.642. The summed E-state index contributed by atoms with van der Waals surface area (Å²) in [6, 6.07) is 0.707. The van der Waals surface area contributed by atoms with Crippen molar-refractivity contribution in [2.75, 3.05) is 20.3 Å². The van der Waals surface area contributed by atoms with Crippen LogP contribution in [0.5, 0.6) is 5.88 Å². The van der Waals surface area contributed by atoms with Crippen molar-refractivity contribution in [2.24, 2.45) is 0 Å². The molecule has 0 radical (unpaired) electrons. The lowest BCUT2D eigenvalue weighted by Gasteiger charge is -2.09. The van der Waals surface area contributed by atoms with Crippen molar-refractivity contribution in [3.05, 3.63) is 17.0 Å². The largest absolute Gasteiger partial charge is 0.477 e. The molecule has 17 heavy (non-hydrogen) atoms. The van der Waals surface area contributed by atoms with E-state index in [1.165, 1.54) is 7.11 Å². The minimum Gasteiger partial charge on any atom is -0.477 e. The zero-order valence-electron chi connectivity index (χ0n) is 8.92. The Morgan fingerprint density at radius 3 is 2.59 bits per heavy atom. The van der Waals surface area contributed by atoms with Crippen LogP contribution in [-0.2, 0) is 10.9 Å². The lowest BCUT2D eigenvalue weighted by Crippen LogP contribution is -2.10. The van der Waals surface area contributed by atoms with Gasteiger partial charge in [0.15, 0.2) is 5.69 Å². The van der Waals surface area contributed by atoms with E-state index < -0.39 is 17.2 Å². The highest BCUT2D eigenvalue weighted by molar-refractivity contribution is 6.28. The van der Waals surface area contributed by atoms with E-state index in [2.05, 4.69) is 9.97 Å². The highest BCUT2D eigenvalue weighted by Crippen LogP contribution is 2.30. The molecule has 0 aliphatic carbocycles. The third-order valence-corrected chi connectivity index (χ3v) is 1.88.